The first-order chi connectivity index (χ1) is 12.3. The highest BCUT2D eigenvalue weighted by atomic mass is 16.5. The Balaban J connectivity index is 1.55. The lowest BCUT2D eigenvalue weighted by Crippen LogP contribution is -2.40. The topological polar surface area (TPSA) is 47.4 Å². The molecule has 2 heterocycles. The predicted octanol–water partition coefficient (Wildman–Crippen LogP) is 3.06. The average Bonchev–Trinajstić information content (AvgIpc) is 3.42. The van der Waals surface area contributed by atoms with Crippen molar-refractivity contribution in [2.24, 2.45) is 0 Å². The molecule has 4 rings (SSSR count). The van der Waals surface area contributed by atoms with Crippen LogP contribution in [0.2, 0.25) is 0 Å². The zero-order chi connectivity index (χ0) is 17.2. The van der Waals surface area contributed by atoms with Gasteiger partial charge in [0.1, 0.15) is 0 Å². The lowest BCUT2D eigenvalue weighted by atomic mass is 10.1. The number of hydrogen-bond acceptors (Lipinski definition) is 3. The van der Waals surface area contributed by atoms with E-state index in [0.717, 1.165) is 56.6 Å². The molecule has 0 unspecified atom stereocenters. The number of benzene rings is 1. The van der Waals surface area contributed by atoms with Gasteiger partial charge in [0.15, 0.2) is 0 Å². The summed E-state index contributed by atoms with van der Waals surface area (Å²) >= 11 is 0. The van der Waals surface area contributed by atoms with E-state index >= 15 is 0 Å². The van der Waals surface area contributed by atoms with Crippen molar-refractivity contribution in [1.82, 2.24) is 14.7 Å². The summed E-state index contributed by atoms with van der Waals surface area (Å²) in [6.07, 6.45) is 6.21. The molecule has 0 N–H and O–H groups in total. The molecule has 1 amide bonds. The van der Waals surface area contributed by atoms with Crippen molar-refractivity contribution in [2.45, 2.75) is 44.2 Å². The highest BCUT2D eigenvalue weighted by Gasteiger charge is 2.34. The van der Waals surface area contributed by atoms with E-state index in [9.17, 15) is 4.79 Å². The minimum absolute atomic E-state index is 0.135. The van der Waals surface area contributed by atoms with Gasteiger partial charge in [-0.25, -0.2) is 0 Å². The fourth-order valence-corrected chi connectivity index (χ4v) is 3.69. The van der Waals surface area contributed by atoms with E-state index in [0.29, 0.717) is 5.92 Å². The summed E-state index contributed by atoms with van der Waals surface area (Å²) in [6, 6.07) is 10.3. The number of piperidine rings is 1. The number of rotatable bonds is 5. The Kier molecular flexibility index (Phi) is 4.57. The van der Waals surface area contributed by atoms with Gasteiger partial charge in [-0.05, 0) is 31.2 Å². The number of aromatic nitrogens is 2. The first-order valence-corrected chi connectivity index (χ1v) is 9.18. The Morgan fingerprint density at radius 3 is 2.52 bits per heavy atom. The highest BCUT2D eigenvalue weighted by Crippen LogP contribution is 2.42. The van der Waals surface area contributed by atoms with E-state index in [-0.39, 0.29) is 12.0 Å². The van der Waals surface area contributed by atoms with Crippen LogP contribution >= 0.6 is 0 Å². The maximum Gasteiger partial charge on any atom is 0.257 e. The van der Waals surface area contributed by atoms with Gasteiger partial charge in [0.25, 0.3) is 5.91 Å². The molecule has 25 heavy (non-hydrogen) atoms. The molecule has 1 aliphatic heterocycles. The van der Waals surface area contributed by atoms with Crippen molar-refractivity contribution in [3.8, 4) is 0 Å². The average molecular weight is 339 g/mol. The molecule has 0 spiro atoms. The first kappa shape index (κ1) is 16.3. The molecule has 1 saturated heterocycles. The number of ether oxygens (including phenoxy) is 1. The van der Waals surface area contributed by atoms with Gasteiger partial charge in [-0.3, -0.25) is 9.48 Å². The summed E-state index contributed by atoms with van der Waals surface area (Å²) in [5.41, 5.74) is 3.14. The standard InChI is InChI=1S/C20H25N3O2/c1-25-17-9-11-22(12-10-17)20(24)18-13-21-23(19(18)16-7-8-16)14-15-5-3-2-4-6-15/h2-6,13,16-17H,7-12,14H2,1H3. The molecule has 2 fully saturated rings. The van der Waals surface area contributed by atoms with Crippen LogP contribution in [0.1, 0.15) is 53.2 Å². The molecule has 1 aliphatic carbocycles. The fourth-order valence-electron chi connectivity index (χ4n) is 3.69. The Bertz CT molecular complexity index is 729. The van der Waals surface area contributed by atoms with Gasteiger partial charge in [-0.1, -0.05) is 30.3 Å². The van der Waals surface area contributed by atoms with Gasteiger partial charge < -0.3 is 9.64 Å². The minimum Gasteiger partial charge on any atom is -0.381 e. The molecule has 132 valence electrons. The maximum absolute atomic E-state index is 13.0. The van der Waals surface area contributed by atoms with Gasteiger partial charge in [-0.2, -0.15) is 5.10 Å². The van der Waals surface area contributed by atoms with E-state index in [1.54, 1.807) is 13.3 Å². The normalized spacial score (nSPS) is 18.5. The van der Waals surface area contributed by atoms with Crippen LogP contribution in [0.3, 0.4) is 0 Å². The predicted molar refractivity (Wildman–Crippen MR) is 95.7 cm³/mol. The fraction of sp³-hybridized carbons (Fsp3) is 0.500. The van der Waals surface area contributed by atoms with Crippen LogP contribution in [0.15, 0.2) is 36.5 Å². The monoisotopic (exact) mass is 339 g/mol. The van der Waals surface area contributed by atoms with Gasteiger partial charge in [0, 0.05) is 26.1 Å². The molecular formula is C20H25N3O2. The van der Waals surface area contributed by atoms with E-state index in [1.807, 2.05) is 27.8 Å². The number of likely N-dealkylation sites (tertiary alicyclic amines) is 1. The van der Waals surface area contributed by atoms with Crippen LogP contribution in [0.5, 0.6) is 0 Å². The van der Waals surface area contributed by atoms with Crippen LogP contribution in [0.4, 0.5) is 0 Å². The van der Waals surface area contributed by atoms with E-state index in [2.05, 4.69) is 17.2 Å². The van der Waals surface area contributed by atoms with Crippen LogP contribution in [0.25, 0.3) is 0 Å². The number of hydrogen-bond donors (Lipinski definition) is 0. The van der Waals surface area contributed by atoms with Crippen LogP contribution in [-0.2, 0) is 11.3 Å². The number of carbonyl (C=O) groups is 1. The quantitative estimate of drug-likeness (QED) is 0.841. The molecule has 1 aromatic heterocycles. The summed E-state index contributed by atoms with van der Waals surface area (Å²) in [5.74, 6) is 0.623. The smallest absolute Gasteiger partial charge is 0.257 e. The molecule has 1 saturated carbocycles. The SMILES string of the molecule is COC1CCN(C(=O)c2cnn(Cc3ccccc3)c2C2CC2)CC1. The number of carbonyl (C=O) groups excluding carboxylic acids is 1. The van der Waals surface area contributed by atoms with Gasteiger partial charge in [0.2, 0.25) is 0 Å². The summed E-state index contributed by atoms with van der Waals surface area (Å²) in [6.45, 7) is 2.27. The second kappa shape index (κ2) is 7.00. The van der Waals surface area contributed by atoms with E-state index in [4.69, 9.17) is 4.74 Å². The summed E-state index contributed by atoms with van der Waals surface area (Å²) in [4.78, 5) is 15.0. The Morgan fingerprint density at radius 2 is 1.88 bits per heavy atom. The lowest BCUT2D eigenvalue weighted by molar-refractivity contribution is 0.0350. The number of amides is 1. The molecule has 2 aliphatic rings. The van der Waals surface area contributed by atoms with Crippen LogP contribution < -0.4 is 0 Å². The molecule has 5 nitrogen and oxygen atoms in total. The van der Waals surface area contributed by atoms with E-state index < -0.39 is 0 Å². The molecule has 1 aromatic carbocycles. The third-order valence-corrected chi connectivity index (χ3v) is 5.31. The second-order valence-corrected chi connectivity index (χ2v) is 7.09. The minimum atomic E-state index is 0.135. The molecule has 0 bridgehead atoms. The molecular weight excluding hydrogens is 314 g/mol. The maximum atomic E-state index is 13.0. The van der Waals surface area contributed by atoms with Gasteiger partial charge in [-0.15, -0.1) is 0 Å². The van der Waals surface area contributed by atoms with Gasteiger partial charge in [0.05, 0.1) is 30.1 Å². The Morgan fingerprint density at radius 1 is 1.16 bits per heavy atom. The summed E-state index contributed by atoms with van der Waals surface area (Å²) in [7, 11) is 1.75. The molecule has 5 heteroatoms. The van der Waals surface area contributed by atoms with Crippen LogP contribution in [0, 0.1) is 0 Å². The zero-order valence-corrected chi connectivity index (χ0v) is 14.7. The summed E-state index contributed by atoms with van der Waals surface area (Å²) in [5, 5.41) is 4.56. The number of methoxy groups -OCH3 is 1. The Labute approximate surface area is 148 Å². The van der Waals surface area contributed by atoms with E-state index in [1.165, 1.54) is 5.56 Å². The molecule has 0 radical (unpaired) electrons. The van der Waals surface area contributed by atoms with Gasteiger partial charge >= 0.3 is 0 Å². The van der Waals surface area contributed by atoms with Crippen molar-refractivity contribution < 1.29 is 9.53 Å². The third kappa shape index (κ3) is 3.47. The first-order valence-electron chi connectivity index (χ1n) is 9.18. The molecule has 2 aromatic rings. The lowest BCUT2D eigenvalue weighted by Gasteiger charge is -2.31. The third-order valence-electron chi connectivity index (χ3n) is 5.31. The van der Waals surface area contributed by atoms with Crippen molar-refractivity contribution in [2.75, 3.05) is 20.2 Å². The second-order valence-electron chi connectivity index (χ2n) is 7.09. The Hall–Kier alpha value is -2.14. The zero-order valence-electron chi connectivity index (χ0n) is 14.7. The molecule has 0 atom stereocenters. The van der Waals surface area contributed by atoms with Crippen LogP contribution in [-0.4, -0.2) is 46.9 Å². The van der Waals surface area contributed by atoms with Crippen molar-refractivity contribution in [3.05, 3.63) is 53.3 Å². The largest absolute Gasteiger partial charge is 0.381 e. The van der Waals surface area contributed by atoms with Crippen molar-refractivity contribution in [3.63, 3.8) is 0 Å². The number of nitrogens with zero attached hydrogens (tertiary/aromatic N) is 3. The highest BCUT2D eigenvalue weighted by molar-refractivity contribution is 5.95. The van der Waals surface area contributed by atoms with Crippen molar-refractivity contribution >= 4 is 5.91 Å². The summed E-state index contributed by atoms with van der Waals surface area (Å²) < 4.78 is 7.44. The van der Waals surface area contributed by atoms with Crippen molar-refractivity contribution in [1.29, 1.82) is 0 Å².